The number of benzene rings is 1. The molecule has 5 nitrogen and oxygen atoms in total. The van der Waals surface area contributed by atoms with Crippen LogP contribution < -0.4 is 10.1 Å². The van der Waals surface area contributed by atoms with Gasteiger partial charge in [-0.3, -0.25) is 10.1 Å². The van der Waals surface area contributed by atoms with Gasteiger partial charge in [-0.05, 0) is 38.3 Å². The second-order valence-electron chi connectivity index (χ2n) is 6.10. The van der Waals surface area contributed by atoms with Crippen molar-refractivity contribution in [2.24, 2.45) is 5.92 Å². The average molecular weight is 366 g/mol. The number of anilines is 1. The van der Waals surface area contributed by atoms with Crippen LogP contribution in [0.15, 0.2) is 22.5 Å². The summed E-state index contributed by atoms with van der Waals surface area (Å²) in [5.41, 5.74) is 2.18. The van der Waals surface area contributed by atoms with E-state index in [9.17, 15) is 4.79 Å². The van der Waals surface area contributed by atoms with Gasteiger partial charge in [0.1, 0.15) is 5.75 Å². The van der Waals surface area contributed by atoms with Gasteiger partial charge in [0.2, 0.25) is 5.13 Å². The van der Waals surface area contributed by atoms with Crippen LogP contribution in [0.5, 0.6) is 5.75 Å². The lowest BCUT2D eigenvalue weighted by Crippen LogP contribution is -2.30. The number of amides is 1. The van der Waals surface area contributed by atoms with Gasteiger partial charge in [-0.25, -0.2) is 0 Å². The molecule has 1 aromatic heterocycles. The molecule has 1 heterocycles. The van der Waals surface area contributed by atoms with Crippen LogP contribution in [0, 0.1) is 19.8 Å². The number of rotatable bonds is 7. The molecule has 0 aliphatic heterocycles. The predicted octanol–water partition coefficient (Wildman–Crippen LogP) is 4.31. The molecule has 0 unspecified atom stereocenters. The zero-order valence-corrected chi connectivity index (χ0v) is 16.3. The maximum Gasteiger partial charge on any atom is 0.266 e. The van der Waals surface area contributed by atoms with Gasteiger partial charge in [-0.1, -0.05) is 54.6 Å². The van der Waals surface area contributed by atoms with E-state index in [1.165, 1.54) is 11.3 Å². The van der Waals surface area contributed by atoms with Crippen LogP contribution >= 0.6 is 23.1 Å². The number of nitrogens with zero attached hydrogens (tertiary/aromatic N) is 2. The number of thioether (sulfide) groups is 1. The molecule has 2 aromatic rings. The maximum atomic E-state index is 12.3. The normalized spacial score (nSPS) is 12.2. The third-order valence-corrected chi connectivity index (χ3v) is 5.58. The minimum atomic E-state index is -0.609. The summed E-state index contributed by atoms with van der Waals surface area (Å²) in [5.74, 6) is 2.05. The largest absolute Gasteiger partial charge is 0.481 e. The second kappa shape index (κ2) is 8.48. The van der Waals surface area contributed by atoms with Gasteiger partial charge in [-0.2, -0.15) is 0 Å². The van der Waals surface area contributed by atoms with Crippen molar-refractivity contribution >= 4 is 34.1 Å². The number of aryl methyl sites for hydroxylation is 2. The van der Waals surface area contributed by atoms with E-state index in [-0.39, 0.29) is 5.91 Å². The third-order valence-electron chi connectivity index (χ3n) is 3.18. The van der Waals surface area contributed by atoms with E-state index in [4.69, 9.17) is 4.74 Å². The van der Waals surface area contributed by atoms with E-state index in [0.717, 1.165) is 21.2 Å². The van der Waals surface area contributed by atoms with Crippen molar-refractivity contribution in [3.63, 3.8) is 0 Å². The molecule has 0 saturated carbocycles. The molecule has 1 N–H and O–H groups in total. The van der Waals surface area contributed by atoms with Gasteiger partial charge in [0.15, 0.2) is 10.4 Å². The molecule has 2 rings (SSSR count). The summed E-state index contributed by atoms with van der Waals surface area (Å²) in [6, 6.07) is 5.89. The highest BCUT2D eigenvalue weighted by Crippen LogP contribution is 2.27. The van der Waals surface area contributed by atoms with Crippen LogP contribution in [0.3, 0.4) is 0 Å². The zero-order chi connectivity index (χ0) is 17.7. The van der Waals surface area contributed by atoms with Gasteiger partial charge < -0.3 is 4.74 Å². The Hall–Kier alpha value is -1.60. The van der Waals surface area contributed by atoms with Crippen LogP contribution in [0.2, 0.25) is 0 Å². The Bertz CT molecular complexity index is 701. The average Bonchev–Trinajstić information content (AvgIpc) is 2.95. The van der Waals surface area contributed by atoms with E-state index in [2.05, 4.69) is 29.4 Å². The number of hydrogen-bond acceptors (Lipinski definition) is 6. The van der Waals surface area contributed by atoms with Gasteiger partial charge in [0.05, 0.1) is 0 Å². The highest BCUT2D eigenvalue weighted by Gasteiger charge is 2.18. The topological polar surface area (TPSA) is 64.1 Å². The van der Waals surface area contributed by atoms with E-state index in [1.807, 2.05) is 32.0 Å². The molecule has 1 amide bonds. The number of ether oxygens (including phenoxy) is 1. The second-order valence-corrected chi connectivity index (χ2v) is 8.34. The summed E-state index contributed by atoms with van der Waals surface area (Å²) in [6.07, 6.45) is -0.609. The molecule has 0 radical (unpaired) electrons. The van der Waals surface area contributed by atoms with E-state index < -0.39 is 6.10 Å². The van der Waals surface area contributed by atoms with Crippen molar-refractivity contribution in [2.75, 3.05) is 11.1 Å². The molecule has 7 heteroatoms. The fourth-order valence-electron chi connectivity index (χ4n) is 1.94. The van der Waals surface area contributed by atoms with Crippen LogP contribution in [0.25, 0.3) is 0 Å². The molecule has 0 saturated heterocycles. The van der Waals surface area contributed by atoms with Gasteiger partial charge in [0, 0.05) is 5.75 Å². The Morgan fingerprint density at radius 2 is 2.04 bits per heavy atom. The fraction of sp³-hybridized carbons (Fsp3) is 0.471. The van der Waals surface area contributed by atoms with Crippen molar-refractivity contribution < 1.29 is 9.53 Å². The SMILES string of the molecule is Cc1ccc(O[C@H](C)C(=O)Nc2nnc(SCC(C)C)s2)c(C)c1. The van der Waals surface area contributed by atoms with Crippen LogP contribution in [-0.4, -0.2) is 28.0 Å². The Labute approximate surface area is 151 Å². The predicted molar refractivity (Wildman–Crippen MR) is 100 cm³/mol. The lowest BCUT2D eigenvalue weighted by Gasteiger charge is -2.15. The highest BCUT2D eigenvalue weighted by atomic mass is 32.2. The van der Waals surface area contributed by atoms with E-state index >= 15 is 0 Å². The lowest BCUT2D eigenvalue weighted by molar-refractivity contribution is -0.122. The summed E-state index contributed by atoms with van der Waals surface area (Å²) in [6.45, 7) is 10.0. The number of carbonyl (C=O) groups is 1. The van der Waals surface area contributed by atoms with E-state index in [0.29, 0.717) is 16.8 Å². The Kier molecular flexibility index (Phi) is 6.62. The first-order valence-electron chi connectivity index (χ1n) is 7.86. The number of nitrogens with one attached hydrogen (secondary N) is 1. The number of carbonyl (C=O) groups excluding carboxylic acids is 1. The smallest absolute Gasteiger partial charge is 0.266 e. The molecule has 0 spiro atoms. The zero-order valence-electron chi connectivity index (χ0n) is 14.6. The molecule has 130 valence electrons. The van der Waals surface area contributed by atoms with Crippen LogP contribution in [-0.2, 0) is 4.79 Å². The minimum Gasteiger partial charge on any atom is -0.481 e. The molecular weight excluding hydrogens is 342 g/mol. The third kappa shape index (κ3) is 5.49. The monoisotopic (exact) mass is 365 g/mol. The van der Waals surface area contributed by atoms with E-state index in [1.54, 1.807) is 18.7 Å². The molecule has 0 aliphatic carbocycles. The summed E-state index contributed by atoms with van der Waals surface area (Å²) >= 11 is 3.04. The van der Waals surface area contributed by atoms with Crippen molar-refractivity contribution in [1.82, 2.24) is 10.2 Å². The summed E-state index contributed by atoms with van der Waals surface area (Å²) in [4.78, 5) is 12.3. The molecule has 0 bridgehead atoms. The molecule has 1 atom stereocenters. The molecule has 0 aliphatic rings. The van der Waals surface area contributed by atoms with Crippen LogP contribution in [0.4, 0.5) is 5.13 Å². The van der Waals surface area contributed by atoms with Gasteiger partial charge in [-0.15, -0.1) is 10.2 Å². The van der Waals surface area contributed by atoms with Gasteiger partial charge in [0.25, 0.3) is 5.91 Å². The first-order valence-corrected chi connectivity index (χ1v) is 9.66. The van der Waals surface area contributed by atoms with Crippen molar-refractivity contribution in [1.29, 1.82) is 0 Å². The standard InChI is InChI=1S/C17H23N3O2S2/c1-10(2)9-23-17-20-19-16(24-17)18-15(21)13(5)22-14-7-6-11(3)8-12(14)4/h6-8,10,13H,9H2,1-5H3,(H,18,19,21)/t13-/m1/s1. The van der Waals surface area contributed by atoms with Gasteiger partial charge >= 0.3 is 0 Å². The quantitative estimate of drug-likeness (QED) is 0.585. The summed E-state index contributed by atoms with van der Waals surface area (Å²) in [5, 5.41) is 11.4. The summed E-state index contributed by atoms with van der Waals surface area (Å²) in [7, 11) is 0. The number of hydrogen-bond donors (Lipinski definition) is 1. The first kappa shape index (κ1) is 18.7. The highest BCUT2D eigenvalue weighted by molar-refractivity contribution is 8.01. The Balaban J connectivity index is 1.91. The summed E-state index contributed by atoms with van der Waals surface area (Å²) < 4.78 is 6.62. The molecule has 0 fully saturated rings. The van der Waals surface area contributed by atoms with Crippen LogP contribution in [0.1, 0.15) is 31.9 Å². The Morgan fingerprint density at radius 3 is 2.71 bits per heavy atom. The van der Waals surface area contributed by atoms with Crippen molar-refractivity contribution in [2.45, 2.75) is 45.1 Å². The molecule has 1 aromatic carbocycles. The first-order chi connectivity index (χ1) is 11.3. The Morgan fingerprint density at radius 1 is 1.29 bits per heavy atom. The molecule has 24 heavy (non-hydrogen) atoms. The lowest BCUT2D eigenvalue weighted by atomic mass is 10.1. The maximum absolute atomic E-state index is 12.3. The minimum absolute atomic E-state index is 0.230. The fourth-order valence-corrected chi connectivity index (χ4v) is 3.67. The van der Waals surface area contributed by atoms with Crippen molar-refractivity contribution in [3.05, 3.63) is 29.3 Å². The molecular formula is C17H23N3O2S2. The van der Waals surface area contributed by atoms with Crippen molar-refractivity contribution in [3.8, 4) is 5.75 Å². The number of aromatic nitrogens is 2.